The summed E-state index contributed by atoms with van der Waals surface area (Å²) in [7, 11) is 1.27. The Morgan fingerprint density at radius 2 is 1.82 bits per heavy atom. The van der Waals surface area contributed by atoms with Gasteiger partial charge in [-0.05, 0) is 30.5 Å². The Labute approximate surface area is 164 Å². The van der Waals surface area contributed by atoms with Gasteiger partial charge in [-0.2, -0.15) is 0 Å². The van der Waals surface area contributed by atoms with Crippen LogP contribution < -0.4 is 5.32 Å². The van der Waals surface area contributed by atoms with Crippen LogP contribution >= 0.6 is 0 Å². The van der Waals surface area contributed by atoms with Crippen LogP contribution in [0.5, 0.6) is 0 Å². The van der Waals surface area contributed by atoms with Gasteiger partial charge in [-0.1, -0.05) is 24.3 Å². The van der Waals surface area contributed by atoms with Crippen LogP contribution in [0.1, 0.15) is 57.1 Å². The minimum absolute atomic E-state index is 0.0633. The number of ketones is 1. The number of H-pyrrole nitrogens is 1. The Bertz CT molecular complexity index is 870. The molecular weight excluding hydrogens is 360 g/mol. The van der Waals surface area contributed by atoms with E-state index in [0.29, 0.717) is 36.7 Å². The number of aromatic nitrogens is 1. The van der Waals surface area contributed by atoms with E-state index >= 15 is 0 Å². The van der Waals surface area contributed by atoms with E-state index in [4.69, 9.17) is 9.47 Å². The summed E-state index contributed by atoms with van der Waals surface area (Å²) < 4.78 is 10.3. The van der Waals surface area contributed by atoms with Gasteiger partial charge in [0.25, 0.3) is 0 Å². The molecule has 0 aliphatic heterocycles. The molecule has 1 heterocycles. The van der Waals surface area contributed by atoms with E-state index in [1.165, 1.54) is 14.0 Å². The highest BCUT2D eigenvalue weighted by molar-refractivity contribution is 6.01. The molecule has 0 aliphatic rings. The summed E-state index contributed by atoms with van der Waals surface area (Å²) in [5.74, 6) is -1.06. The fraction of sp³-hybridized carbons (Fsp3) is 0.381. The molecule has 0 fully saturated rings. The standard InChI is InChI=1S/C21H26N2O5/c1-5-28-12-16-9-7-6-8-15(16)11-22-18(25)10-17-19(21(26)27-4)13(2)20(23-17)14(3)24/h6-9,23H,5,10-12H2,1-4H3,(H,22,25). The molecule has 2 N–H and O–H groups in total. The van der Waals surface area contributed by atoms with Gasteiger partial charge in [0.1, 0.15) is 0 Å². The van der Waals surface area contributed by atoms with E-state index < -0.39 is 5.97 Å². The second kappa shape index (κ2) is 9.85. The normalized spacial score (nSPS) is 10.6. The number of benzene rings is 1. The van der Waals surface area contributed by atoms with Gasteiger partial charge in [0.15, 0.2) is 5.78 Å². The smallest absolute Gasteiger partial charge is 0.339 e. The molecule has 0 unspecified atom stereocenters. The average molecular weight is 386 g/mol. The molecule has 0 atom stereocenters. The summed E-state index contributed by atoms with van der Waals surface area (Å²) in [5, 5.41) is 2.85. The number of rotatable bonds is 9. The van der Waals surface area contributed by atoms with Crippen LogP contribution in [0.2, 0.25) is 0 Å². The Morgan fingerprint density at radius 1 is 1.14 bits per heavy atom. The van der Waals surface area contributed by atoms with Crippen molar-refractivity contribution in [1.82, 2.24) is 10.3 Å². The molecule has 2 aromatic rings. The number of amides is 1. The molecule has 0 aliphatic carbocycles. The predicted octanol–water partition coefficient (Wildman–Crippen LogP) is 2.71. The molecule has 7 nitrogen and oxygen atoms in total. The summed E-state index contributed by atoms with van der Waals surface area (Å²) in [4.78, 5) is 39.2. The van der Waals surface area contributed by atoms with Crippen LogP contribution in [-0.4, -0.2) is 36.4 Å². The first-order valence-electron chi connectivity index (χ1n) is 9.10. The van der Waals surface area contributed by atoms with Crippen molar-refractivity contribution >= 4 is 17.7 Å². The molecular formula is C21H26N2O5. The van der Waals surface area contributed by atoms with Crippen molar-refractivity contribution in [2.24, 2.45) is 0 Å². The van der Waals surface area contributed by atoms with Crippen molar-refractivity contribution in [3.8, 4) is 0 Å². The molecule has 1 aromatic heterocycles. The van der Waals surface area contributed by atoms with Crippen LogP contribution in [0.25, 0.3) is 0 Å². The summed E-state index contributed by atoms with van der Waals surface area (Å²) in [6.07, 6.45) is -0.0633. The third-order valence-electron chi connectivity index (χ3n) is 4.46. The summed E-state index contributed by atoms with van der Waals surface area (Å²) in [6.45, 7) is 6.42. The number of aromatic amines is 1. The van der Waals surface area contributed by atoms with Crippen LogP contribution in [0.4, 0.5) is 0 Å². The predicted molar refractivity (Wildman–Crippen MR) is 104 cm³/mol. The number of methoxy groups -OCH3 is 1. The zero-order chi connectivity index (χ0) is 20.7. The zero-order valence-electron chi connectivity index (χ0n) is 16.7. The summed E-state index contributed by atoms with van der Waals surface area (Å²) in [6, 6.07) is 7.72. The van der Waals surface area contributed by atoms with E-state index in [2.05, 4.69) is 10.3 Å². The molecule has 0 radical (unpaired) electrons. The molecule has 7 heteroatoms. The van der Waals surface area contributed by atoms with Gasteiger partial charge < -0.3 is 19.8 Å². The third kappa shape index (κ3) is 5.07. The highest BCUT2D eigenvalue weighted by Crippen LogP contribution is 2.21. The first kappa shape index (κ1) is 21.4. The molecule has 0 spiro atoms. The third-order valence-corrected chi connectivity index (χ3v) is 4.46. The lowest BCUT2D eigenvalue weighted by Gasteiger charge is -2.11. The van der Waals surface area contributed by atoms with Gasteiger partial charge in [-0.15, -0.1) is 0 Å². The number of esters is 1. The van der Waals surface area contributed by atoms with Crippen LogP contribution in [0.15, 0.2) is 24.3 Å². The van der Waals surface area contributed by atoms with Crippen molar-refractivity contribution < 1.29 is 23.9 Å². The molecule has 2 rings (SSSR count). The average Bonchev–Trinajstić information content (AvgIpc) is 3.00. The minimum atomic E-state index is -0.578. The van der Waals surface area contributed by atoms with Crippen molar-refractivity contribution in [2.75, 3.05) is 13.7 Å². The van der Waals surface area contributed by atoms with Gasteiger partial charge in [0.05, 0.1) is 31.4 Å². The Morgan fingerprint density at radius 3 is 2.43 bits per heavy atom. The fourth-order valence-corrected chi connectivity index (χ4v) is 3.02. The first-order chi connectivity index (χ1) is 13.4. The Balaban J connectivity index is 2.13. The molecule has 150 valence electrons. The second-order valence-electron chi connectivity index (χ2n) is 6.39. The number of hydrogen-bond acceptors (Lipinski definition) is 5. The number of carbonyl (C=O) groups is 3. The summed E-state index contributed by atoms with van der Waals surface area (Å²) in [5.41, 5.74) is 3.38. The van der Waals surface area contributed by atoms with Gasteiger partial charge >= 0.3 is 5.97 Å². The minimum Gasteiger partial charge on any atom is -0.465 e. The quantitative estimate of drug-likeness (QED) is 0.510. The Hall–Kier alpha value is -2.93. The van der Waals surface area contributed by atoms with Gasteiger partial charge in [-0.3, -0.25) is 9.59 Å². The van der Waals surface area contributed by atoms with Crippen LogP contribution in [-0.2, 0) is 33.8 Å². The Kier molecular flexibility index (Phi) is 7.52. The van der Waals surface area contributed by atoms with Gasteiger partial charge in [0, 0.05) is 25.8 Å². The number of hydrogen-bond donors (Lipinski definition) is 2. The maximum atomic E-state index is 12.5. The monoisotopic (exact) mass is 386 g/mol. The van der Waals surface area contributed by atoms with Crippen LogP contribution in [0, 0.1) is 6.92 Å². The van der Waals surface area contributed by atoms with E-state index in [0.717, 1.165) is 11.1 Å². The molecule has 1 aromatic carbocycles. The lowest BCUT2D eigenvalue weighted by atomic mass is 10.1. The zero-order valence-corrected chi connectivity index (χ0v) is 16.7. The van der Waals surface area contributed by atoms with Crippen molar-refractivity contribution in [3.05, 3.63) is 57.9 Å². The number of carbonyl (C=O) groups excluding carboxylic acids is 3. The van der Waals surface area contributed by atoms with Crippen LogP contribution in [0.3, 0.4) is 0 Å². The number of ether oxygens (including phenoxy) is 2. The first-order valence-corrected chi connectivity index (χ1v) is 9.10. The highest BCUT2D eigenvalue weighted by atomic mass is 16.5. The fourth-order valence-electron chi connectivity index (χ4n) is 3.02. The number of nitrogens with one attached hydrogen (secondary N) is 2. The molecule has 0 bridgehead atoms. The van der Waals surface area contributed by atoms with E-state index in [1.807, 2.05) is 31.2 Å². The lowest BCUT2D eigenvalue weighted by molar-refractivity contribution is -0.120. The molecule has 1 amide bonds. The second-order valence-corrected chi connectivity index (χ2v) is 6.39. The molecule has 28 heavy (non-hydrogen) atoms. The largest absolute Gasteiger partial charge is 0.465 e. The highest BCUT2D eigenvalue weighted by Gasteiger charge is 2.24. The summed E-state index contributed by atoms with van der Waals surface area (Å²) >= 11 is 0. The van der Waals surface area contributed by atoms with Gasteiger partial charge in [-0.25, -0.2) is 4.79 Å². The van der Waals surface area contributed by atoms with E-state index in [9.17, 15) is 14.4 Å². The van der Waals surface area contributed by atoms with Crippen molar-refractivity contribution in [3.63, 3.8) is 0 Å². The topological polar surface area (TPSA) is 97.5 Å². The molecule has 0 saturated heterocycles. The van der Waals surface area contributed by atoms with Gasteiger partial charge in [0.2, 0.25) is 5.91 Å². The number of Topliss-reactive ketones (excluding diaryl/α,β-unsaturated/α-hetero) is 1. The van der Waals surface area contributed by atoms with E-state index in [1.54, 1.807) is 6.92 Å². The van der Waals surface area contributed by atoms with E-state index in [-0.39, 0.29) is 23.7 Å². The maximum Gasteiger partial charge on any atom is 0.339 e. The SMILES string of the molecule is CCOCc1ccccc1CNC(=O)Cc1[nH]c(C(C)=O)c(C)c1C(=O)OC. The lowest BCUT2D eigenvalue weighted by Crippen LogP contribution is -2.26. The van der Waals surface area contributed by atoms with Crippen molar-refractivity contribution in [2.45, 2.75) is 40.3 Å². The molecule has 0 saturated carbocycles. The van der Waals surface area contributed by atoms with Crippen molar-refractivity contribution in [1.29, 1.82) is 0 Å². The maximum absolute atomic E-state index is 12.5.